The second-order valence-corrected chi connectivity index (χ2v) is 9.38. The van der Waals surface area contributed by atoms with Gasteiger partial charge in [-0.15, -0.1) is 0 Å². The molecular formula is C19H22N4O3S. The highest BCUT2D eigenvalue weighted by Crippen LogP contribution is 2.22. The lowest BCUT2D eigenvalue weighted by Crippen LogP contribution is -2.37. The van der Waals surface area contributed by atoms with Crippen LogP contribution >= 0.6 is 0 Å². The van der Waals surface area contributed by atoms with Crippen LogP contribution in [0.5, 0.6) is 0 Å². The molecule has 1 fully saturated rings. The molecule has 8 heteroatoms. The van der Waals surface area contributed by atoms with Crippen molar-refractivity contribution < 1.29 is 13.2 Å². The molecule has 0 saturated carbocycles. The Bertz CT molecular complexity index is 976. The zero-order chi connectivity index (χ0) is 19.0. The molecule has 1 saturated heterocycles. The number of benzene rings is 1. The Labute approximate surface area is 159 Å². The lowest BCUT2D eigenvalue weighted by molar-refractivity contribution is 0.0728. The maximum absolute atomic E-state index is 12.9. The Morgan fingerprint density at radius 2 is 2.00 bits per heavy atom. The van der Waals surface area contributed by atoms with E-state index in [2.05, 4.69) is 22.1 Å². The highest BCUT2D eigenvalue weighted by Gasteiger charge is 2.32. The van der Waals surface area contributed by atoms with Gasteiger partial charge in [0.15, 0.2) is 9.84 Å². The Kier molecular flexibility index (Phi) is 4.59. The average molecular weight is 386 g/mol. The Balaban J connectivity index is 1.52. The third-order valence-corrected chi connectivity index (χ3v) is 7.10. The molecule has 0 bridgehead atoms. The predicted octanol–water partition coefficient (Wildman–Crippen LogP) is 1.30. The van der Waals surface area contributed by atoms with E-state index in [0.29, 0.717) is 31.2 Å². The van der Waals surface area contributed by atoms with E-state index in [1.165, 1.54) is 11.1 Å². The van der Waals surface area contributed by atoms with Gasteiger partial charge in [0.2, 0.25) is 5.95 Å². The number of hydrogen-bond donors (Lipinski definition) is 0. The van der Waals surface area contributed by atoms with Crippen molar-refractivity contribution in [2.24, 2.45) is 0 Å². The van der Waals surface area contributed by atoms with Gasteiger partial charge >= 0.3 is 0 Å². The lowest BCUT2D eigenvalue weighted by Gasteiger charge is -2.29. The van der Waals surface area contributed by atoms with Gasteiger partial charge in [-0.05, 0) is 30.0 Å². The Morgan fingerprint density at radius 1 is 1.22 bits per heavy atom. The molecule has 1 unspecified atom stereocenters. The van der Waals surface area contributed by atoms with Gasteiger partial charge in [0, 0.05) is 32.4 Å². The van der Waals surface area contributed by atoms with E-state index in [0.717, 1.165) is 6.42 Å². The van der Waals surface area contributed by atoms with Crippen molar-refractivity contribution in [2.75, 3.05) is 30.0 Å². The Hall–Kier alpha value is -2.48. The standard InChI is InChI=1S/C19H22N4O3S/c1-22(16-8-11-27(25,26)13-16)19-20-9-6-17(21-19)18(24)23-10-7-14-4-2-3-5-15(14)12-23/h2-6,9,16H,7-8,10-13H2,1H3. The van der Waals surface area contributed by atoms with Crippen molar-refractivity contribution in [1.29, 1.82) is 0 Å². The third kappa shape index (κ3) is 3.66. The van der Waals surface area contributed by atoms with Crippen molar-refractivity contribution in [3.05, 3.63) is 53.3 Å². The molecule has 1 atom stereocenters. The minimum Gasteiger partial charge on any atom is -0.340 e. The van der Waals surface area contributed by atoms with Crippen LogP contribution in [0.25, 0.3) is 0 Å². The fourth-order valence-electron chi connectivity index (χ4n) is 3.71. The average Bonchev–Trinajstić information content (AvgIpc) is 3.06. The number of carbonyl (C=O) groups is 1. The summed E-state index contributed by atoms with van der Waals surface area (Å²) in [5.41, 5.74) is 2.79. The first-order chi connectivity index (χ1) is 12.9. The fourth-order valence-corrected chi connectivity index (χ4v) is 5.49. The number of carbonyl (C=O) groups excluding carboxylic acids is 1. The smallest absolute Gasteiger partial charge is 0.272 e. The number of anilines is 1. The first-order valence-corrected chi connectivity index (χ1v) is 10.9. The molecule has 1 amide bonds. The van der Waals surface area contributed by atoms with E-state index >= 15 is 0 Å². The van der Waals surface area contributed by atoms with E-state index in [9.17, 15) is 13.2 Å². The van der Waals surface area contributed by atoms with E-state index in [-0.39, 0.29) is 23.5 Å². The SMILES string of the molecule is CN(c1nccc(C(=O)N2CCc3ccccc3C2)n1)C1CCS(=O)(=O)C1. The number of sulfone groups is 1. The molecule has 2 aliphatic heterocycles. The van der Waals surface area contributed by atoms with Gasteiger partial charge in [-0.1, -0.05) is 24.3 Å². The van der Waals surface area contributed by atoms with Crippen molar-refractivity contribution >= 4 is 21.7 Å². The van der Waals surface area contributed by atoms with Crippen LogP contribution in [0.3, 0.4) is 0 Å². The molecule has 0 spiro atoms. The van der Waals surface area contributed by atoms with E-state index in [4.69, 9.17) is 0 Å². The zero-order valence-electron chi connectivity index (χ0n) is 15.2. The van der Waals surface area contributed by atoms with Gasteiger partial charge < -0.3 is 9.80 Å². The quantitative estimate of drug-likeness (QED) is 0.791. The van der Waals surface area contributed by atoms with Crippen LogP contribution in [-0.4, -0.2) is 60.3 Å². The zero-order valence-corrected chi connectivity index (χ0v) is 16.0. The third-order valence-electron chi connectivity index (χ3n) is 5.35. The number of hydrogen-bond acceptors (Lipinski definition) is 6. The van der Waals surface area contributed by atoms with Crippen molar-refractivity contribution in [3.63, 3.8) is 0 Å². The topological polar surface area (TPSA) is 83.5 Å². The van der Waals surface area contributed by atoms with E-state index < -0.39 is 9.84 Å². The fraction of sp³-hybridized carbons (Fsp3) is 0.421. The van der Waals surface area contributed by atoms with Crippen LogP contribution < -0.4 is 4.90 Å². The summed E-state index contributed by atoms with van der Waals surface area (Å²) in [5.74, 6) is 0.558. The molecule has 0 radical (unpaired) electrons. The molecule has 2 aromatic rings. The summed E-state index contributed by atoms with van der Waals surface area (Å²) in [6, 6.07) is 9.62. The van der Waals surface area contributed by atoms with Crippen molar-refractivity contribution in [1.82, 2.24) is 14.9 Å². The van der Waals surface area contributed by atoms with Gasteiger partial charge in [-0.3, -0.25) is 4.79 Å². The van der Waals surface area contributed by atoms with Crippen molar-refractivity contribution in [2.45, 2.75) is 25.4 Å². The molecule has 142 valence electrons. The van der Waals surface area contributed by atoms with E-state index in [1.54, 1.807) is 29.1 Å². The number of amides is 1. The van der Waals surface area contributed by atoms with E-state index in [1.807, 2.05) is 12.1 Å². The van der Waals surface area contributed by atoms with Crippen LogP contribution in [0.15, 0.2) is 36.5 Å². The normalized spacial score (nSPS) is 20.9. The summed E-state index contributed by atoms with van der Waals surface area (Å²) in [7, 11) is -1.21. The molecule has 3 heterocycles. The molecular weight excluding hydrogens is 364 g/mol. The monoisotopic (exact) mass is 386 g/mol. The van der Waals surface area contributed by atoms with Gasteiger partial charge in [-0.25, -0.2) is 18.4 Å². The summed E-state index contributed by atoms with van der Waals surface area (Å²) in [4.78, 5) is 25.2. The molecule has 0 N–H and O–H groups in total. The largest absolute Gasteiger partial charge is 0.340 e. The lowest BCUT2D eigenvalue weighted by atomic mass is 10.00. The molecule has 1 aromatic carbocycles. The summed E-state index contributed by atoms with van der Waals surface area (Å²) >= 11 is 0. The number of fused-ring (bicyclic) bond motifs is 1. The maximum Gasteiger partial charge on any atom is 0.272 e. The van der Waals surface area contributed by atoms with Crippen LogP contribution in [-0.2, 0) is 22.8 Å². The van der Waals surface area contributed by atoms with Crippen LogP contribution in [0, 0.1) is 0 Å². The molecule has 0 aliphatic carbocycles. The summed E-state index contributed by atoms with van der Waals surface area (Å²) in [6.45, 7) is 1.23. The predicted molar refractivity (Wildman–Crippen MR) is 102 cm³/mol. The molecule has 1 aromatic heterocycles. The minimum atomic E-state index is -2.99. The van der Waals surface area contributed by atoms with Crippen molar-refractivity contribution in [3.8, 4) is 0 Å². The number of rotatable bonds is 3. The van der Waals surface area contributed by atoms with Gasteiger partial charge in [0.1, 0.15) is 5.69 Å². The second-order valence-electron chi connectivity index (χ2n) is 7.16. The van der Waals surface area contributed by atoms with Gasteiger partial charge in [0.25, 0.3) is 5.91 Å². The molecule has 7 nitrogen and oxygen atoms in total. The maximum atomic E-state index is 12.9. The molecule has 4 rings (SSSR count). The van der Waals surface area contributed by atoms with Gasteiger partial charge in [-0.2, -0.15) is 0 Å². The van der Waals surface area contributed by atoms with Crippen LogP contribution in [0.1, 0.15) is 28.0 Å². The minimum absolute atomic E-state index is 0.105. The summed E-state index contributed by atoms with van der Waals surface area (Å²) in [5, 5.41) is 0. The van der Waals surface area contributed by atoms with Crippen LogP contribution in [0.4, 0.5) is 5.95 Å². The number of aromatic nitrogens is 2. The van der Waals surface area contributed by atoms with Gasteiger partial charge in [0.05, 0.1) is 11.5 Å². The molecule has 2 aliphatic rings. The molecule has 27 heavy (non-hydrogen) atoms. The van der Waals surface area contributed by atoms with Crippen LogP contribution in [0.2, 0.25) is 0 Å². The highest BCUT2D eigenvalue weighted by molar-refractivity contribution is 7.91. The number of nitrogens with zero attached hydrogens (tertiary/aromatic N) is 4. The summed E-state index contributed by atoms with van der Waals surface area (Å²) < 4.78 is 23.5. The second kappa shape index (κ2) is 6.92. The summed E-state index contributed by atoms with van der Waals surface area (Å²) in [6.07, 6.45) is 2.95. The highest BCUT2D eigenvalue weighted by atomic mass is 32.2. The Morgan fingerprint density at radius 3 is 2.74 bits per heavy atom. The first-order valence-electron chi connectivity index (χ1n) is 9.05. The first kappa shape index (κ1) is 17.9.